The molecular weight excluding hydrogens is 321 g/mol. The van der Waals surface area contributed by atoms with Crippen LogP contribution >= 0.6 is 0 Å². The van der Waals surface area contributed by atoms with Gasteiger partial charge in [-0.3, -0.25) is 0 Å². The highest BCUT2D eigenvalue weighted by atomic mass is 19.1. The molecule has 0 saturated carbocycles. The summed E-state index contributed by atoms with van der Waals surface area (Å²) in [4.78, 5) is 9.54. The number of aryl methyl sites for hydroxylation is 2. The molecule has 0 atom stereocenters. The van der Waals surface area contributed by atoms with E-state index in [9.17, 15) is 4.39 Å². The third-order valence-electron chi connectivity index (χ3n) is 3.55. The molecule has 0 bridgehead atoms. The molecule has 0 radical (unpaired) electrons. The number of hydrogen-bond donors (Lipinski definition) is 1. The molecule has 0 unspecified atom stereocenters. The van der Waals surface area contributed by atoms with Gasteiger partial charge in [-0.1, -0.05) is 17.3 Å². The molecule has 2 heterocycles. The number of nitrogens with two attached hydrogens (primary N) is 1. The van der Waals surface area contributed by atoms with Crippen LogP contribution in [-0.2, 0) is 11.4 Å². The van der Waals surface area contributed by atoms with Crippen LogP contribution in [0.1, 0.15) is 22.5 Å². The van der Waals surface area contributed by atoms with E-state index >= 15 is 0 Å². The van der Waals surface area contributed by atoms with Crippen LogP contribution in [0.25, 0.3) is 5.82 Å². The Morgan fingerprint density at radius 1 is 1.24 bits per heavy atom. The lowest BCUT2D eigenvalue weighted by atomic mass is 10.2. The number of benzene rings is 1. The van der Waals surface area contributed by atoms with Crippen LogP contribution in [0, 0.1) is 19.7 Å². The van der Waals surface area contributed by atoms with Crippen LogP contribution in [0.5, 0.6) is 0 Å². The zero-order chi connectivity index (χ0) is 17.8. The number of nitrogens with zero attached hydrogens (tertiary/aromatic N) is 4. The lowest BCUT2D eigenvalue weighted by Crippen LogP contribution is -2.15. The van der Waals surface area contributed by atoms with Crippen molar-refractivity contribution in [2.24, 2.45) is 10.9 Å². The molecule has 0 aliphatic heterocycles. The largest absolute Gasteiger partial charge is 0.389 e. The van der Waals surface area contributed by atoms with Gasteiger partial charge >= 0.3 is 0 Å². The summed E-state index contributed by atoms with van der Waals surface area (Å²) in [7, 11) is 0. The van der Waals surface area contributed by atoms with Gasteiger partial charge < -0.3 is 10.6 Å². The van der Waals surface area contributed by atoms with Crippen LogP contribution in [0.15, 0.2) is 53.8 Å². The van der Waals surface area contributed by atoms with Gasteiger partial charge in [0.2, 0.25) is 0 Å². The number of oxime groups is 1. The highest BCUT2D eigenvalue weighted by Gasteiger charge is 2.06. The van der Waals surface area contributed by atoms with Gasteiger partial charge in [0, 0.05) is 17.5 Å². The first-order valence-corrected chi connectivity index (χ1v) is 7.73. The second kappa shape index (κ2) is 7.12. The first-order chi connectivity index (χ1) is 12.0. The molecule has 3 rings (SSSR count). The zero-order valence-corrected chi connectivity index (χ0v) is 14.0. The third kappa shape index (κ3) is 4.00. The Labute approximate surface area is 144 Å². The fraction of sp³-hybridized carbons (Fsp3) is 0.167. The highest BCUT2D eigenvalue weighted by Crippen LogP contribution is 2.10. The number of pyridine rings is 1. The number of halogens is 1. The molecule has 0 amide bonds. The molecule has 0 aliphatic rings. The van der Waals surface area contributed by atoms with Crippen LogP contribution in [0.3, 0.4) is 0 Å². The molecule has 25 heavy (non-hydrogen) atoms. The average molecular weight is 339 g/mol. The van der Waals surface area contributed by atoms with Crippen molar-refractivity contribution >= 4 is 5.84 Å². The average Bonchev–Trinajstić information content (AvgIpc) is 2.93. The van der Waals surface area contributed by atoms with Gasteiger partial charge in [-0.25, -0.2) is 14.1 Å². The SMILES string of the molecule is Cc1cc(C)n(-c2ccc(C(N)=NOCc3cccc(F)c3)cn2)n1. The molecule has 1 aromatic carbocycles. The monoisotopic (exact) mass is 339 g/mol. The van der Waals surface area contributed by atoms with Gasteiger partial charge in [-0.05, 0) is 49.7 Å². The van der Waals surface area contributed by atoms with Crippen LogP contribution < -0.4 is 5.73 Å². The van der Waals surface area contributed by atoms with Gasteiger partial charge in [-0.2, -0.15) is 5.10 Å². The van der Waals surface area contributed by atoms with Gasteiger partial charge in [0.25, 0.3) is 0 Å². The molecule has 0 saturated heterocycles. The van der Waals surface area contributed by atoms with Crippen molar-refractivity contribution in [1.29, 1.82) is 0 Å². The first-order valence-electron chi connectivity index (χ1n) is 7.73. The van der Waals surface area contributed by atoms with E-state index in [0.29, 0.717) is 16.9 Å². The molecule has 3 aromatic rings. The predicted octanol–water partition coefficient (Wildman–Crippen LogP) is 2.86. The summed E-state index contributed by atoms with van der Waals surface area (Å²) < 4.78 is 14.9. The van der Waals surface area contributed by atoms with Crippen molar-refractivity contribution in [1.82, 2.24) is 14.8 Å². The minimum absolute atomic E-state index is 0.135. The lowest BCUT2D eigenvalue weighted by molar-refractivity contribution is 0.130. The summed E-state index contributed by atoms with van der Waals surface area (Å²) in [5.41, 5.74) is 9.13. The smallest absolute Gasteiger partial charge is 0.171 e. The minimum Gasteiger partial charge on any atom is -0.389 e. The Kier molecular flexibility index (Phi) is 4.74. The zero-order valence-electron chi connectivity index (χ0n) is 14.0. The fourth-order valence-corrected chi connectivity index (χ4v) is 2.38. The molecule has 6 nitrogen and oxygen atoms in total. The summed E-state index contributed by atoms with van der Waals surface area (Å²) in [6.45, 7) is 4.03. The number of amidine groups is 1. The summed E-state index contributed by atoms with van der Waals surface area (Å²) >= 11 is 0. The van der Waals surface area contributed by atoms with Crippen molar-refractivity contribution in [3.8, 4) is 5.82 Å². The van der Waals surface area contributed by atoms with E-state index in [1.165, 1.54) is 12.1 Å². The van der Waals surface area contributed by atoms with Gasteiger partial charge in [-0.15, -0.1) is 0 Å². The van der Waals surface area contributed by atoms with Gasteiger partial charge in [0.05, 0.1) is 5.69 Å². The molecule has 2 aromatic heterocycles. The molecular formula is C18H18FN5O. The molecule has 128 valence electrons. The van der Waals surface area contributed by atoms with Gasteiger partial charge in [0.1, 0.15) is 12.4 Å². The van der Waals surface area contributed by atoms with E-state index in [1.54, 1.807) is 29.1 Å². The molecule has 0 aliphatic carbocycles. The molecule has 7 heteroatoms. The summed E-state index contributed by atoms with van der Waals surface area (Å²) in [6.07, 6.45) is 1.61. The van der Waals surface area contributed by atoms with E-state index in [1.807, 2.05) is 26.0 Å². The fourth-order valence-electron chi connectivity index (χ4n) is 2.38. The van der Waals surface area contributed by atoms with Crippen LogP contribution in [0.4, 0.5) is 4.39 Å². The maximum absolute atomic E-state index is 13.1. The quantitative estimate of drug-likeness (QED) is 0.440. The van der Waals surface area contributed by atoms with Crippen molar-refractivity contribution in [2.75, 3.05) is 0 Å². The number of rotatable bonds is 5. The number of aromatic nitrogens is 3. The van der Waals surface area contributed by atoms with E-state index in [0.717, 1.165) is 11.4 Å². The van der Waals surface area contributed by atoms with Crippen molar-refractivity contribution in [3.05, 3.63) is 77.0 Å². The first kappa shape index (κ1) is 16.6. The maximum atomic E-state index is 13.1. The topological polar surface area (TPSA) is 78.3 Å². The number of hydrogen-bond acceptors (Lipinski definition) is 4. The highest BCUT2D eigenvalue weighted by molar-refractivity contribution is 5.96. The Balaban J connectivity index is 1.68. The Morgan fingerprint density at radius 2 is 2.08 bits per heavy atom. The van der Waals surface area contributed by atoms with E-state index in [2.05, 4.69) is 15.2 Å². The van der Waals surface area contributed by atoms with Crippen molar-refractivity contribution < 1.29 is 9.23 Å². The standard InChI is InChI=1S/C18H18FN5O/c1-12-8-13(2)24(22-12)17-7-6-15(10-21-17)18(20)23-25-11-14-4-3-5-16(19)9-14/h3-10H,11H2,1-2H3,(H2,20,23). The predicted molar refractivity (Wildman–Crippen MR) is 92.7 cm³/mol. The Hall–Kier alpha value is -3.22. The van der Waals surface area contributed by atoms with E-state index < -0.39 is 0 Å². The second-order valence-electron chi connectivity index (χ2n) is 5.62. The minimum atomic E-state index is -0.318. The van der Waals surface area contributed by atoms with Crippen LogP contribution in [0.2, 0.25) is 0 Å². The summed E-state index contributed by atoms with van der Waals surface area (Å²) in [5, 5.41) is 8.24. The van der Waals surface area contributed by atoms with Crippen LogP contribution in [-0.4, -0.2) is 20.6 Å². The molecule has 0 spiro atoms. The molecule has 2 N–H and O–H groups in total. The van der Waals surface area contributed by atoms with E-state index in [4.69, 9.17) is 10.6 Å². The molecule has 0 fully saturated rings. The lowest BCUT2D eigenvalue weighted by Gasteiger charge is -2.05. The Morgan fingerprint density at radius 3 is 2.72 bits per heavy atom. The van der Waals surface area contributed by atoms with Crippen molar-refractivity contribution in [3.63, 3.8) is 0 Å². The summed E-state index contributed by atoms with van der Waals surface area (Å²) in [6, 6.07) is 11.7. The maximum Gasteiger partial charge on any atom is 0.171 e. The van der Waals surface area contributed by atoms with Gasteiger partial charge in [0.15, 0.2) is 11.7 Å². The second-order valence-corrected chi connectivity index (χ2v) is 5.62. The summed E-state index contributed by atoms with van der Waals surface area (Å²) in [5.74, 6) is 0.577. The third-order valence-corrected chi connectivity index (χ3v) is 3.55. The Bertz CT molecular complexity index is 902. The normalized spacial score (nSPS) is 11.6. The van der Waals surface area contributed by atoms with E-state index in [-0.39, 0.29) is 18.3 Å². The van der Waals surface area contributed by atoms with Crippen molar-refractivity contribution in [2.45, 2.75) is 20.5 Å².